The highest BCUT2D eigenvalue weighted by molar-refractivity contribution is 6.35. The number of allylic oxidation sites excluding steroid dienone is 16. The third-order valence-corrected chi connectivity index (χ3v) is 33.7. The number of aliphatic hydroxyl groups is 8. The van der Waals surface area contributed by atoms with Gasteiger partial charge in [-0.15, -0.1) is 0 Å². The monoisotopic (exact) mass is 1720 g/mol. The minimum Gasteiger partial charge on any atom is -0.510 e. The lowest BCUT2D eigenvalue weighted by Crippen LogP contribution is -2.50. The molecule has 0 saturated heterocycles. The van der Waals surface area contributed by atoms with Crippen LogP contribution in [-0.2, 0) is 57.5 Å². The normalized spacial score (nSPS) is 34.8. The van der Waals surface area contributed by atoms with Crippen molar-refractivity contribution >= 4 is 69.4 Å². The van der Waals surface area contributed by atoms with Crippen molar-refractivity contribution in [1.29, 1.82) is 0 Å². The van der Waals surface area contributed by atoms with Crippen LogP contribution >= 0.6 is 0 Å². The van der Waals surface area contributed by atoms with Crippen LogP contribution in [0, 0.1) is 136 Å². The largest absolute Gasteiger partial charge is 0.510 e. The summed E-state index contributed by atoms with van der Waals surface area (Å²) in [5.41, 5.74) is -13.3. The number of Topliss-reactive ketones (excluding diaryl/α,β-unsaturated/α-hetero) is 12. The first kappa shape index (κ1) is 101. The lowest BCUT2D eigenvalue weighted by atomic mass is 9.62. The van der Waals surface area contributed by atoms with Crippen molar-refractivity contribution in [2.24, 2.45) is 136 Å². The van der Waals surface area contributed by atoms with Crippen LogP contribution < -0.4 is 0 Å². The van der Waals surface area contributed by atoms with E-state index in [2.05, 4.69) is 0 Å². The van der Waals surface area contributed by atoms with E-state index in [1.54, 1.807) is 69.2 Å². The van der Waals surface area contributed by atoms with E-state index >= 15 is 0 Å². The molecule has 12 aliphatic rings. The van der Waals surface area contributed by atoms with E-state index in [1.165, 1.54) is 0 Å². The molecule has 0 aliphatic heterocycles. The van der Waals surface area contributed by atoms with Crippen molar-refractivity contribution in [3.63, 3.8) is 0 Å². The predicted molar refractivity (Wildman–Crippen MR) is 477 cm³/mol. The number of carbonyl (C=O) groups is 12. The molecule has 20 heteroatoms. The van der Waals surface area contributed by atoms with Gasteiger partial charge < -0.3 is 40.9 Å². The van der Waals surface area contributed by atoms with E-state index < -0.39 is 122 Å². The molecule has 12 rings (SSSR count). The number of ketones is 12. The third-order valence-electron chi connectivity index (χ3n) is 33.7. The minimum absolute atomic E-state index is 0.0297. The molecule has 8 saturated carbocycles. The molecule has 8 bridgehead atoms. The number of rotatable bonds is 24. The van der Waals surface area contributed by atoms with Crippen LogP contribution in [0.2, 0.25) is 0 Å². The summed E-state index contributed by atoms with van der Waals surface area (Å²) >= 11 is 0. The highest BCUT2D eigenvalue weighted by Gasteiger charge is 2.83. The van der Waals surface area contributed by atoms with E-state index in [9.17, 15) is 98.4 Å². The van der Waals surface area contributed by atoms with Crippen molar-refractivity contribution < 1.29 is 98.4 Å². The first-order valence-electron chi connectivity index (χ1n) is 45.9. The Balaban J connectivity index is 0.000000187. The molecule has 0 radical (unpaired) electrons. The summed E-state index contributed by atoms with van der Waals surface area (Å²) in [6, 6.07) is 0. The summed E-state index contributed by atoms with van der Waals surface area (Å²) in [5.74, 6) is -9.12. The Morgan fingerprint density at radius 2 is 0.508 bits per heavy atom. The van der Waals surface area contributed by atoms with Crippen molar-refractivity contribution in [3.05, 3.63) is 91.9 Å². The molecule has 0 aromatic heterocycles. The molecule has 20 nitrogen and oxygen atoms in total. The summed E-state index contributed by atoms with van der Waals surface area (Å²) in [6.07, 6.45) is 12.4. The van der Waals surface area contributed by atoms with Gasteiger partial charge in [0.15, 0.2) is 69.4 Å². The zero-order valence-corrected chi connectivity index (χ0v) is 81.0. The lowest BCUT2D eigenvalue weighted by molar-refractivity contribution is -0.147. The second-order valence-electron chi connectivity index (χ2n) is 47.0. The summed E-state index contributed by atoms with van der Waals surface area (Å²) in [7, 11) is 0. The predicted octanol–water partition coefficient (Wildman–Crippen LogP) is 18.9. The average Bonchev–Trinajstić information content (AvgIpc) is 1.51. The molecule has 8 fully saturated rings. The first-order chi connectivity index (χ1) is 56.2. The maximum Gasteiger partial charge on any atom is 0.183 e. The summed E-state index contributed by atoms with van der Waals surface area (Å²) in [4.78, 5) is 165. The zero-order valence-electron chi connectivity index (χ0n) is 81.0. The Hall–Kier alpha value is -7.00. The molecule has 6 unspecified atom stereocenters. The number of aliphatic hydroxyl groups excluding tert-OH is 4. The number of hydrogen-bond donors (Lipinski definition) is 8. The van der Waals surface area contributed by atoms with Crippen molar-refractivity contribution in [2.75, 3.05) is 0 Å². The maximum atomic E-state index is 14.1. The number of carbonyl (C=O) groups excluding carboxylic acids is 12. The Kier molecular flexibility index (Phi) is 26.5. The number of fused-ring (bicyclic) bond motifs is 4. The Morgan fingerprint density at radius 1 is 0.331 bits per heavy atom. The molecular weight excluding hydrogens is 1570 g/mol. The van der Waals surface area contributed by atoms with Crippen LogP contribution in [0.15, 0.2) is 91.9 Å². The topological polar surface area (TPSA) is 367 Å². The van der Waals surface area contributed by atoms with Crippen molar-refractivity contribution in [1.82, 2.24) is 0 Å². The summed E-state index contributed by atoms with van der Waals surface area (Å²) in [5, 5.41) is 89.0. The van der Waals surface area contributed by atoms with E-state index in [4.69, 9.17) is 0 Å². The van der Waals surface area contributed by atoms with Gasteiger partial charge in [0.25, 0.3) is 0 Å². The zero-order chi connectivity index (χ0) is 94.9. The molecule has 688 valence electrons. The lowest BCUT2D eigenvalue weighted by Gasteiger charge is -2.41. The van der Waals surface area contributed by atoms with Gasteiger partial charge in [0.05, 0.1) is 65.7 Å². The molecule has 124 heavy (non-hydrogen) atoms. The maximum absolute atomic E-state index is 14.1. The SMILES string of the molecule is CC(C)=CCC12C[C@@H]3C(C)(C)[C@@H](C(C)(C)O)C[C@]3(C(=O)C(C(=O)CC(C)C)=C1O)C2=O.CC(C)=CCC12C[C@H]3C(C)(C)[C@H](C(C)(C)O)C[C@@]3(C(=O)C(C(=O)CC(C)C)=C1O)C2=O.CCC(C)C(=O)C1=C(O)C2(CC=C(C)C)C[C@@H]3C(C)(C)[C@@H](C(C)(C)O)C[C@]3(C1=O)C2=O.CCC(C)C(=O)C1=C(O)C2(CC=C(C)C)C[C@H]3C(C)(C)[C@H](C(C)(C)O)C[C@@]3(C1=O)C2=O. The van der Waals surface area contributed by atoms with Gasteiger partial charge in [-0.1, -0.05) is 157 Å². The Morgan fingerprint density at radius 3 is 0.669 bits per heavy atom. The highest BCUT2D eigenvalue weighted by Crippen LogP contribution is 2.78. The fourth-order valence-electron chi connectivity index (χ4n) is 27.2. The minimum atomic E-state index is -1.35. The van der Waals surface area contributed by atoms with Crippen molar-refractivity contribution in [3.8, 4) is 0 Å². The first-order valence-corrected chi connectivity index (χ1v) is 45.9. The van der Waals surface area contributed by atoms with Crippen LogP contribution in [0.25, 0.3) is 0 Å². The Bertz CT molecular complexity index is 4460. The molecule has 0 amide bonds. The molecule has 0 aromatic carbocycles. The second-order valence-corrected chi connectivity index (χ2v) is 47.0. The van der Waals surface area contributed by atoms with Crippen LogP contribution in [0.3, 0.4) is 0 Å². The van der Waals surface area contributed by atoms with Gasteiger partial charge in [-0.25, -0.2) is 0 Å². The molecule has 12 aliphatic carbocycles. The van der Waals surface area contributed by atoms with Crippen LogP contribution in [-0.4, -0.2) is 133 Å². The van der Waals surface area contributed by atoms with Gasteiger partial charge in [0.2, 0.25) is 0 Å². The van der Waals surface area contributed by atoms with Gasteiger partial charge in [0, 0.05) is 24.7 Å². The van der Waals surface area contributed by atoms with Crippen LogP contribution in [0.5, 0.6) is 0 Å². The van der Waals surface area contributed by atoms with E-state index in [0.29, 0.717) is 38.5 Å². The molecule has 0 aromatic rings. The van der Waals surface area contributed by atoms with Crippen molar-refractivity contribution in [2.45, 2.75) is 347 Å². The standard InChI is InChI=1S/4C26H38O5/c2*1-14(2)9-10-25-12-18-23(5,6)17(24(7,8)31)13-26(18,22(25)30)21(29)19(20(25)28)16(27)11-15(3)4;2*1-9-15(4)19(27)18-20(28)25(11-10-14(2)3)12-17-23(5,6)16(24(7,8)31)13-26(17,21(18)29)22(25)30/h2*9,15,17-18,28,31H,10-13H2,1-8H3;2*10,15-17,28,31H,9,11-13H2,1-8H3/t2*17-,18+,25?,26-;2*15?,16-,17+,25?,26-/m1010/s1. The summed E-state index contributed by atoms with van der Waals surface area (Å²) < 4.78 is 0. The van der Waals surface area contributed by atoms with Gasteiger partial charge in [-0.05, 0) is 282 Å². The van der Waals surface area contributed by atoms with Gasteiger partial charge in [-0.2, -0.15) is 0 Å². The van der Waals surface area contributed by atoms with Crippen LogP contribution in [0.1, 0.15) is 324 Å². The smallest absolute Gasteiger partial charge is 0.183 e. The molecule has 0 heterocycles. The molecular formula is C104H152O20. The Labute approximate surface area is 738 Å². The fraction of sp³-hybridized carbons (Fsp3) is 0.731. The summed E-state index contributed by atoms with van der Waals surface area (Å²) in [6.45, 7) is 60.2. The molecule has 18 atom stereocenters. The van der Waals surface area contributed by atoms with E-state index in [-0.39, 0.29) is 215 Å². The second kappa shape index (κ2) is 32.6. The molecule has 4 spiro atoms. The van der Waals surface area contributed by atoms with Gasteiger partial charge >= 0.3 is 0 Å². The third kappa shape index (κ3) is 14.9. The fourth-order valence-corrected chi connectivity index (χ4v) is 27.2. The molecule has 8 N–H and O–H groups in total. The number of hydrogen-bond acceptors (Lipinski definition) is 20. The van der Waals surface area contributed by atoms with Gasteiger partial charge in [-0.3, -0.25) is 57.5 Å². The van der Waals surface area contributed by atoms with Crippen LogP contribution in [0.4, 0.5) is 0 Å². The highest BCUT2D eigenvalue weighted by atomic mass is 16.3. The average molecular weight is 1720 g/mol. The van der Waals surface area contributed by atoms with Gasteiger partial charge in [0.1, 0.15) is 45.3 Å². The van der Waals surface area contributed by atoms with E-state index in [0.717, 1.165) is 22.3 Å². The quantitative estimate of drug-likeness (QED) is 0.0253. The van der Waals surface area contributed by atoms with E-state index in [1.807, 2.05) is 177 Å².